The quantitative estimate of drug-likeness (QED) is 0.265. The molecule has 0 aliphatic heterocycles. The predicted octanol–water partition coefficient (Wildman–Crippen LogP) is 11.5. The largest absolute Gasteiger partial charge is 3.00 e. The van der Waals surface area contributed by atoms with Crippen LogP contribution in [0.5, 0.6) is 0 Å². The van der Waals surface area contributed by atoms with Crippen LogP contribution >= 0.6 is 0 Å². The van der Waals surface area contributed by atoms with Crippen molar-refractivity contribution in [1.29, 1.82) is 0 Å². The van der Waals surface area contributed by atoms with Crippen LogP contribution in [-0.4, -0.2) is 0 Å². The number of rotatable bonds is 5. The van der Waals surface area contributed by atoms with Gasteiger partial charge in [-0.05, 0) is 89.3 Å². The van der Waals surface area contributed by atoms with Gasteiger partial charge in [0.25, 0.3) is 0 Å². The van der Waals surface area contributed by atoms with E-state index in [0.29, 0.717) is 11.8 Å². The standard InChI is InChI=1S/C33H37.2C2H6.2CH3.W.Y/c1-5-24-6-7-28(18-24)32-13-10-25-8-9-26-11-14-33(21-30(26)17-16-29(25)20-32)31-15-12-27(19-31)23(4)22(2)3;2*1-2;;;;/h5-7,10-15,20-23H,8-9,16-19H2,1-4H3;2*1-2H3;2*1H3;;/q-1;;;2*-1;;+3. The average molecular weight is 797 g/mol. The summed E-state index contributed by atoms with van der Waals surface area (Å²) < 4.78 is 0. The summed E-state index contributed by atoms with van der Waals surface area (Å²) in [5.74, 6) is 1.36. The molecule has 41 heavy (non-hydrogen) atoms. The molecule has 0 saturated heterocycles. The summed E-state index contributed by atoms with van der Waals surface area (Å²) in [6.45, 7) is 17.2. The van der Waals surface area contributed by atoms with Crippen molar-refractivity contribution in [2.45, 2.75) is 93.9 Å². The van der Waals surface area contributed by atoms with Crippen LogP contribution in [0.1, 0.15) is 102 Å². The molecule has 0 bridgehead atoms. The molecule has 0 N–H and O–H groups in total. The first-order chi connectivity index (χ1) is 18.0. The van der Waals surface area contributed by atoms with E-state index < -0.39 is 0 Å². The van der Waals surface area contributed by atoms with E-state index in [-0.39, 0.29) is 68.6 Å². The molecule has 1 atom stereocenters. The minimum atomic E-state index is 0. The summed E-state index contributed by atoms with van der Waals surface area (Å²) in [4.78, 5) is 0. The number of aryl methyl sites for hydroxylation is 4. The number of hydrogen-bond acceptors (Lipinski definition) is 0. The van der Waals surface area contributed by atoms with Gasteiger partial charge in [0.2, 0.25) is 0 Å². The molecule has 0 aromatic heterocycles. The van der Waals surface area contributed by atoms with Gasteiger partial charge in [0.1, 0.15) is 0 Å². The van der Waals surface area contributed by atoms with Crippen LogP contribution in [0.15, 0.2) is 71.8 Å². The van der Waals surface area contributed by atoms with Gasteiger partial charge in [-0.25, -0.2) is 18.1 Å². The molecular weight excluding hydrogens is 741 g/mol. The van der Waals surface area contributed by atoms with Gasteiger partial charge in [-0.2, -0.15) is 0 Å². The molecule has 0 radical (unpaired) electrons. The fourth-order valence-electron chi connectivity index (χ4n) is 5.57. The van der Waals surface area contributed by atoms with E-state index in [1.54, 1.807) is 22.3 Å². The Hall–Kier alpha value is -0.938. The van der Waals surface area contributed by atoms with Crippen molar-refractivity contribution >= 4 is 11.1 Å². The summed E-state index contributed by atoms with van der Waals surface area (Å²) in [5.41, 5.74) is 15.0. The van der Waals surface area contributed by atoms with Crippen molar-refractivity contribution in [1.82, 2.24) is 0 Å². The molecule has 0 heterocycles. The zero-order chi connectivity index (χ0) is 26.9. The Labute approximate surface area is 294 Å². The Morgan fingerprint density at radius 1 is 0.610 bits per heavy atom. The summed E-state index contributed by atoms with van der Waals surface area (Å²) in [7, 11) is 0. The third-order valence-electron chi connectivity index (χ3n) is 8.22. The van der Waals surface area contributed by atoms with E-state index in [4.69, 9.17) is 0 Å². The molecule has 2 heteroatoms. The second-order valence-corrected chi connectivity index (χ2v) is 10.5. The summed E-state index contributed by atoms with van der Waals surface area (Å²) in [6.07, 6.45) is 18.3. The van der Waals surface area contributed by atoms with Gasteiger partial charge in [-0.1, -0.05) is 108 Å². The Morgan fingerprint density at radius 2 is 1.05 bits per heavy atom. The molecule has 0 amide bonds. The molecule has 2 aromatic rings. The van der Waals surface area contributed by atoms with Gasteiger partial charge < -0.3 is 14.9 Å². The van der Waals surface area contributed by atoms with Gasteiger partial charge >= 0.3 is 32.7 Å². The molecule has 3 aliphatic rings. The maximum Gasteiger partial charge on any atom is 3.00 e. The second-order valence-electron chi connectivity index (χ2n) is 10.5. The van der Waals surface area contributed by atoms with E-state index in [0.717, 1.165) is 38.5 Å². The molecule has 0 spiro atoms. The van der Waals surface area contributed by atoms with E-state index in [9.17, 15) is 0 Å². The van der Waals surface area contributed by atoms with Crippen LogP contribution in [0.25, 0.3) is 11.1 Å². The van der Waals surface area contributed by atoms with Crippen molar-refractivity contribution in [3.63, 3.8) is 0 Å². The van der Waals surface area contributed by atoms with Gasteiger partial charge in [-0.3, -0.25) is 0 Å². The fraction of sp³-hybridized carbons (Fsp3) is 0.410. The fourth-order valence-corrected chi connectivity index (χ4v) is 5.57. The first kappa shape index (κ1) is 42.2. The summed E-state index contributed by atoms with van der Waals surface area (Å²) in [5, 5.41) is 0. The number of hydrogen-bond donors (Lipinski definition) is 0. The summed E-state index contributed by atoms with van der Waals surface area (Å²) in [6, 6.07) is 14.5. The van der Waals surface area contributed by atoms with Crippen molar-refractivity contribution in [2.24, 2.45) is 11.8 Å². The predicted molar refractivity (Wildman–Crippen MR) is 179 cm³/mol. The Kier molecular flexibility index (Phi) is 21.5. The van der Waals surface area contributed by atoms with Crippen LogP contribution in [0, 0.1) is 33.1 Å². The normalized spacial score (nSPS) is 15.1. The smallest absolute Gasteiger partial charge is 0.358 e. The van der Waals surface area contributed by atoms with E-state index >= 15 is 0 Å². The molecule has 220 valence electrons. The first-order valence-corrected chi connectivity index (χ1v) is 14.8. The van der Waals surface area contributed by atoms with Gasteiger partial charge in [0, 0.05) is 21.1 Å². The van der Waals surface area contributed by atoms with Gasteiger partial charge in [0.05, 0.1) is 0 Å². The molecular formula is C39H55WY. The minimum Gasteiger partial charge on any atom is -0.358 e. The molecule has 0 fully saturated rings. The van der Waals surface area contributed by atoms with Gasteiger partial charge in [0.15, 0.2) is 0 Å². The molecule has 3 aliphatic carbocycles. The molecule has 2 aromatic carbocycles. The number of fused-ring (bicyclic) bond motifs is 2. The van der Waals surface area contributed by atoms with E-state index in [2.05, 4.69) is 94.8 Å². The Morgan fingerprint density at radius 3 is 1.49 bits per heavy atom. The molecule has 1 unspecified atom stereocenters. The topological polar surface area (TPSA) is 0 Å². The van der Waals surface area contributed by atoms with Gasteiger partial charge in [-0.15, -0.1) is 13.0 Å². The van der Waals surface area contributed by atoms with Crippen molar-refractivity contribution in [2.75, 3.05) is 0 Å². The maximum atomic E-state index is 2.50. The number of benzene rings is 2. The first-order valence-electron chi connectivity index (χ1n) is 14.8. The molecule has 0 saturated carbocycles. The zero-order valence-electron chi connectivity index (χ0n) is 27.7. The number of allylic oxidation sites excluding steroid dienone is 8. The average Bonchev–Trinajstić information content (AvgIpc) is 3.62. The molecule has 0 nitrogen and oxygen atoms in total. The van der Waals surface area contributed by atoms with Crippen LogP contribution in [0.2, 0.25) is 0 Å². The SMILES string of the molecule is CC.CC.C[CH-]C1=CC=C(c2ccc3c(c2)CCc2cc(C4=CC=C(C(C)C(C)C)C4)ccc2CC3)C1.[CH3-].[CH3-].[W].[Y+3]. The summed E-state index contributed by atoms with van der Waals surface area (Å²) >= 11 is 0. The maximum absolute atomic E-state index is 2.50. The third-order valence-corrected chi connectivity index (χ3v) is 8.22. The van der Waals surface area contributed by atoms with Crippen LogP contribution in [-0.2, 0) is 79.5 Å². The minimum absolute atomic E-state index is 0. The van der Waals surface area contributed by atoms with Crippen molar-refractivity contribution < 1.29 is 53.8 Å². The zero-order valence-corrected chi connectivity index (χ0v) is 33.5. The van der Waals surface area contributed by atoms with E-state index in [1.165, 1.54) is 33.4 Å². The second kappa shape index (κ2) is 20.9. The van der Waals surface area contributed by atoms with Crippen LogP contribution in [0.4, 0.5) is 0 Å². The molecule has 5 rings (SSSR count). The van der Waals surface area contributed by atoms with E-state index in [1.807, 2.05) is 27.7 Å². The third kappa shape index (κ3) is 10.6. The Bertz CT molecular complexity index is 1190. The van der Waals surface area contributed by atoms with Crippen LogP contribution in [0.3, 0.4) is 0 Å². The van der Waals surface area contributed by atoms with Crippen molar-refractivity contribution in [3.05, 3.63) is 127 Å². The van der Waals surface area contributed by atoms with Crippen LogP contribution < -0.4 is 0 Å². The van der Waals surface area contributed by atoms with Crippen molar-refractivity contribution in [3.8, 4) is 0 Å². The monoisotopic (exact) mass is 796 g/mol. The Balaban J connectivity index is 0.